The van der Waals surface area contributed by atoms with Gasteiger partial charge in [-0.15, -0.1) is 0 Å². The van der Waals surface area contributed by atoms with Crippen LogP contribution in [0.3, 0.4) is 0 Å². The Balaban J connectivity index is 1.45. The lowest BCUT2D eigenvalue weighted by Crippen LogP contribution is -2.49. The van der Waals surface area contributed by atoms with Gasteiger partial charge in [-0.2, -0.15) is 0 Å². The summed E-state index contributed by atoms with van der Waals surface area (Å²) in [6.45, 7) is 5.02. The van der Waals surface area contributed by atoms with E-state index in [1.165, 1.54) is 76.7 Å². The molecular weight excluding hydrogens is 525 g/mol. The molecule has 0 fully saturated rings. The first-order valence-electron chi connectivity index (χ1n) is 14.8. The molecule has 0 amide bonds. The van der Waals surface area contributed by atoms with Gasteiger partial charge in [0.25, 0.3) is 0 Å². The molecule has 0 atom stereocenters. The van der Waals surface area contributed by atoms with Crippen molar-refractivity contribution in [2.75, 3.05) is 33.1 Å². The standard InChI is InChI=1S/C39H37N2Si/c1-40(2)30-19-21-34-36(24-30)42(5,6)37-25-31(41(3)4)20-22-35(37)39(34)27-17-15-26(16-18-27)38-32-13-9-7-11-28(32)23-29-12-8-10-14-33(29)38/h7-25H,1-6H3/q+1. The summed E-state index contributed by atoms with van der Waals surface area (Å²) in [6.07, 6.45) is 7.09. The molecule has 3 heteroatoms. The third-order valence-corrected chi connectivity index (χ3v) is 12.7. The molecule has 0 N–H and O–H groups in total. The van der Waals surface area contributed by atoms with Gasteiger partial charge in [-0.25, -0.2) is 4.58 Å². The molecule has 0 radical (unpaired) electrons. The molecule has 0 bridgehead atoms. The Kier molecular flexibility index (Phi) is 6.18. The smallest absolute Gasteiger partial charge is 0.199 e. The molecule has 0 aromatic heterocycles. The molecule has 2 aliphatic rings. The van der Waals surface area contributed by atoms with Gasteiger partial charge in [0.15, 0.2) is 5.71 Å². The molecule has 206 valence electrons. The number of hydrogen-bond donors (Lipinski definition) is 0. The number of fused-ring (bicyclic) bond motifs is 4. The Labute approximate surface area is 250 Å². The van der Waals surface area contributed by atoms with Crippen LogP contribution in [0.2, 0.25) is 13.1 Å². The van der Waals surface area contributed by atoms with Crippen LogP contribution in [0.25, 0.3) is 38.2 Å². The van der Waals surface area contributed by atoms with Crippen molar-refractivity contribution in [1.82, 2.24) is 0 Å². The predicted octanol–water partition coefficient (Wildman–Crippen LogP) is 8.21. The van der Waals surface area contributed by atoms with Gasteiger partial charge in [0.1, 0.15) is 22.2 Å². The van der Waals surface area contributed by atoms with Gasteiger partial charge in [-0.1, -0.05) is 92.0 Å². The molecule has 42 heavy (non-hydrogen) atoms. The van der Waals surface area contributed by atoms with Gasteiger partial charge < -0.3 is 4.90 Å². The van der Waals surface area contributed by atoms with Crippen LogP contribution in [0.15, 0.2) is 126 Å². The summed E-state index contributed by atoms with van der Waals surface area (Å²) in [6, 6.07) is 36.3. The summed E-state index contributed by atoms with van der Waals surface area (Å²) in [4.78, 5) is 2.22. The number of rotatable bonds is 3. The SMILES string of the molecule is CN(C)c1ccc2c(c1)[Si](C)(C)C1=CC(=[N+](C)C)C=CC1=C2c1ccc(-c2c3ccccc3cc3ccccc23)cc1. The van der Waals surface area contributed by atoms with Gasteiger partial charge in [0, 0.05) is 31.9 Å². The third-order valence-electron chi connectivity index (χ3n) is 9.16. The van der Waals surface area contributed by atoms with Gasteiger partial charge in [-0.05, 0) is 89.6 Å². The van der Waals surface area contributed by atoms with Crippen LogP contribution < -0.4 is 10.1 Å². The number of allylic oxidation sites excluding steroid dienone is 5. The van der Waals surface area contributed by atoms with Crippen LogP contribution in [-0.2, 0) is 0 Å². The maximum atomic E-state index is 2.51. The zero-order chi connectivity index (χ0) is 29.2. The molecule has 2 nitrogen and oxygen atoms in total. The number of anilines is 1. The topological polar surface area (TPSA) is 6.25 Å². The summed E-state index contributed by atoms with van der Waals surface area (Å²) < 4.78 is 2.22. The van der Waals surface area contributed by atoms with Crippen LogP contribution in [-0.4, -0.2) is 46.6 Å². The Hall–Kier alpha value is -4.47. The van der Waals surface area contributed by atoms with Crippen LogP contribution in [0.4, 0.5) is 5.69 Å². The van der Waals surface area contributed by atoms with Gasteiger partial charge >= 0.3 is 0 Å². The van der Waals surface area contributed by atoms with E-state index in [1.54, 1.807) is 0 Å². The highest BCUT2D eigenvalue weighted by molar-refractivity contribution is 6.98. The molecule has 7 rings (SSSR count). The van der Waals surface area contributed by atoms with E-state index in [-0.39, 0.29) is 0 Å². The molecule has 1 aliphatic carbocycles. The van der Waals surface area contributed by atoms with Crippen molar-refractivity contribution in [3.63, 3.8) is 0 Å². The second kappa shape index (κ2) is 9.82. The van der Waals surface area contributed by atoms with Crippen LogP contribution in [0.5, 0.6) is 0 Å². The number of nitrogens with zero attached hydrogens (tertiary/aromatic N) is 2. The predicted molar refractivity (Wildman–Crippen MR) is 185 cm³/mol. The summed E-state index contributed by atoms with van der Waals surface area (Å²) in [7, 11) is 6.59. The van der Waals surface area contributed by atoms with Crippen molar-refractivity contribution in [3.05, 3.63) is 137 Å². The first-order valence-corrected chi connectivity index (χ1v) is 17.8. The molecule has 5 aromatic carbocycles. The molecule has 1 aliphatic heterocycles. The monoisotopic (exact) mass is 561 g/mol. The molecule has 0 saturated carbocycles. The Morgan fingerprint density at radius 1 is 0.667 bits per heavy atom. The van der Waals surface area contributed by atoms with Crippen molar-refractivity contribution in [1.29, 1.82) is 0 Å². The van der Waals surface area contributed by atoms with Crippen molar-refractivity contribution in [2.24, 2.45) is 0 Å². The third kappa shape index (κ3) is 4.11. The van der Waals surface area contributed by atoms with Gasteiger partial charge in [-0.3, -0.25) is 0 Å². The van der Waals surface area contributed by atoms with Gasteiger partial charge in [0.05, 0.1) is 0 Å². The average molecular weight is 562 g/mol. The summed E-state index contributed by atoms with van der Waals surface area (Å²) in [5.74, 6) is 0. The van der Waals surface area contributed by atoms with Crippen molar-refractivity contribution < 1.29 is 4.58 Å². The fraction of sp³-hybridized carbons (Fsp3) is 0.154. The quantitative estimate of drug-likeness (QED) is 0.122. The maximum absolute atomic E-state index is 2.51. The normalized spacial score (nSPS) is 15.5. The summed E-state index contributed by atoms with van der Waals surface area (Å²) >= 11 is 0. The Morgan fingerprint density at radius 3 is 1.90 bits per heavy atom. The molecule has 5 aromatic rings. The lowest BCUT2D eigenvalue weighted by Gasteiger charge is -2.38. The van der Waals surface area contributed by atoms with E-state index in [1.807, 2.05) is 0 Å². The first-order chi connectivity index (χ1) is 20.2. The largest absolute Gasteiger partial charge is 0.378 e. The first kappa shape index (κ1) is 26.4. The Morgan fingerprint density at radius 2 is 1.29 bits per heavy atom. The fourth-order valence-electron chi connectivity index (χ4n) is 6.82. The maximum Gasteiger partial charge on any atom is 0.199 e. The number of hydrogen-bond acceptors (Lipinski definition) is 1. The van der Waals surface area contributed by atoms with Crippen LogP contribution >= 0.6 is 0 Å². The highest BCUT2D eigenvalue weighted by Gasteiger charge is 2.40. The van der Waals surface area contributed by atoms with E-state index >= 15 is 0 Å². The minimum Gasteiger partial charge on any atom is -0.378 e. The summed E-state index contributed by atoms with van der Waals surface area (Å²) in [5, 5.41) is 8.17. The zero-order valence-electron chi connectivity index (χ0n) is 25.4. The lowest BCUT2D eigenvalue weighted by molar-refractivity contribution is -0.462. The molecule has 0 spiro atoms. The van der Waals surface area contributed by atoms with E-state index in [0.29, 0.717) is 0 Å². The van der Waals surface area contributed by atoms with Crippen molar-refractivity contribution in [3.8, 4) is 11.1 Å². The van der Waals surface area contributed by atoms with Crippen LogP contribution in [0.1, 0.15) is 11.1 Å². The Bertz CT molecular complexity index is 1980. The number of benzene rings is 5. The highest BCUT2D eigenvalue weighted by Crippen LogP contribution is 2.43. The lowest BCUT2D eigenvalue weighted by atomic mass is 9.87. The second-order valence-electron chi connectivity index (χ2n) is 12.5. The fourth-order valence-corrected chi connectivity index (χ4v) is 9.89. The van der Waals surface area contributed by atoms with E-state index < -0.39 is 8.07 Å². The van der Waals surface area contributed by atoms with E-state index in [0.717, 1.165) is 0 Å². The molecular formula is C39H37N2Si+. The van der Waals surface area contributed by atoms with E-state index in [9.17, 15) is 0 Å². The average Bonchev–Trinajstić information content (AvgIpc) is 3.00. The second-order valence-corrected chi connectivity index (χ2v) is 16.8. The van der Waals surface area contributed by atoms with Crippen molar-refractivity contribution >= 4 is 51.8 Å². The van der Waals surface area contributed by atoms with E-state index in [4.69, 9.17) is 0 Å². The molecule has 0 unspecified atom stereocenters. The van der Waals surface area contributed by atoms with Crippen molar-refractivity contribution in [2.45, 2.75) is 13.1 Å². The van der Waals surface area contributed by atoms with E-state index in [2.05, 4.69) is 166 Å². The highest BCUT2D eigenvalue weighted by atomic mass is 28.3. The molecule has 1 heterocycles. The van der Waals surface area contributed by atoms with Crippen LogP contribution in [0, 0.1) is 0 Å². The van der Waals surface area contributed by atoms with Gasteiger partial charge in [0.2, 0.25) is 0 Å². The minimum atomic E-state index is -1.96. The summed E-state index contributed by atoms with van der Waals surface area (Å²) in [5.41, 5.74) is 10.5. The zero-order valence-corrected chi connectivity index (χ0v) is 26.4. The minimum absolute atomic E-state index is 1.25. The molecule has 0 saturated heterocycles.